The number of aromatic nitrogens is 4. The maximum absolute atomic E-state index is 4.53. The Morgan fingerprint density at radius 2 is 2.05 bits per heavy atom. The maximum Gasteiger partial charge on any atom is 0.226 e. The molecule has 2 heterocycles. The van der Waals surface area contributed by atoms with Crippen LogP contribution < -0.4 is 10.6 Å². The first-order valence-electron chi connectivity index (χ1n) is 7.45. The molecule has 0 saturated heterocycles. The molecule has 0 amide bonds. The molecule has 0 atom stereocenters. The van der Waals surface area contributed by atoms with Gasteiger partial charge in [0.1, 0.15) is 5.82 Å². The smallest absolute Gasteiger partial charge is 0.226 e. The van der Waals surface area contributed by atoms with Crippen LogP contribution in [0.2, 0.25) is 0 Å². The van der Waals surface area contributed by atoms with E-state index in [-0.39, 0.29) is 0 Å². The van der Waals surface area contributed by atoms with Crippen molar-refractivity contribution >= 4 is 22.8 Å². The van der Waals surface area contributed by atoms with Crippen molar-refractivity contribution in [3.8, 4) is 0 Å². The first-order chi connectivity index (χ1) is 9.80. The van der Waals surface area contributed by atoms with Crippen LogP contribution in [-0.4, -0.2) is 33.3 Å². The Kier molecular flexibility index (Phi) is 3.71. The normalized spacial score (nSPS) is 22.9. The predicted molar refractivity (Wildman–Crippen MR) is 80.9 cm³/mol. The molecule has 0 radical (unpaired) electrons. The molecule has 6 nitrogen and oxygen atoms in total. The second kappa shape index (κ2) is 5.64. The van der Waals surface area contributed by atoms with Gasteiger partial charge in [0, 0.05) is 13.1 Å². The average molecular weight is 274 g/mol. The summed E-state index contributed by atoms with van der Waals surface area (Å²) in [4.78, 5) is 8.88. The van der Waals surface area contributed by atoms with Crippen molar-refractivity contribution in [3.63, 3.8) is 0 Å². The molecule has 108 valence electrons. The summed E-state index contributed by atoms with van der Waals surface area (Å²) < 4.78 is 0. The maximum atomic E-state index is 4.53. The molecule has 1 saturated carbocycles. The summed E-state index contributed by atoms with van der Waals surface area (Å²) in [6, 6.07) is 0.510. The minimum atomic E-state index is 0.510. The van der Waals surface area contributed by atoms with Gasteiger partial charge in [0.15, 0.2) is 5.65 Å². The molecule has 0 unspecified atom stereocenters. The van der Waals surface area contributed by atoms with Crippen molar-refractivity contribution in [2.75, 3.05) is 17.7 Å². The van der Waals surface area contributed by atoms with E-state index in [4.69, 9.17) is 0 Å². The molecule has 0 spiro atoms. The lowest BCUT2D eigenvalue weighted by molar-refractivity contribution is 0.330. The molecule has 20 heavy (non-hydrogen) atoms. The number of aromatic amines is 1. The predicted octanol–water partition coefficient (Wildman–Crippen LogP) is 2.78. The lowest BCUT2D eigenvalue weighted by Crippen LogP contribution is -2.26. The lowest BCUT2D eigenvalue weighted by atomic mass is 9.84. The van der Waals surface area contributed by atoms with Gasteiger partial charge >= 0.3 is 0 Å². The number of nitrogens with zero attached hydrogens (tertiary/aromatic N) is 3. The molecule has 1 aliphatic carbocycles. The number of hydrogen-bond donors (Lipinski definition) is 3. The third-order valence-electron chi connectivity index (χ3n) is 4.30. The molecule has 0 aromatic carbocycles. The van der Waals surface area contributed by atoms with Crippen LogP contribution in [0.25, 0.3) is 11.0 Å². The summed E-state index contributed by atoms with van der Waals surface area (Å²) in [5.41, 5.74) is 0.772. The minimum Gasteiger partial charge on any atom is -0.367 e. The quantitative estimate of drug-likeness (QED) is 0.799. The number of H-pyrrole nitrogens is 1. The van der Waals surface area contributed by atoms with E-state index in [1.807, 2.05) is 7.05 Å². The molecule has 3 rings (SSSR count). The van der Waals surface area contributed by atoms with E-state index in [1.54, 1.807) is 6.20 Å². The van der Waals surface area contributed by atoms with Crippen LogP contribution in [0, 0.1) is 5.92 Å². The second-order valence-corrected chi connectivity index (χ2v) is 5.55. The van der Waals surface area contributed by atoms with Crippen molar-refractivity contribution in [1.29, 1.82) is 0 Å². The zero-order valence-electron chi connectivity index (χ0n) is 12.1. The highest BCUT2D eigenvalue weighted by atomic mass is 15.2. The first-order valence-corrected chi connectivity index (χ1v) is 7.45. The number of rotatable bonds is 4. The van der Waals surface area contributed by atoms with Gasteiger partial charge in [0.2, 0.25) is 5.95 Å². The fourth-order valence-electron chi connectivity index (χ4n) is 2.97. The van der Waals surface area contributed by atoms with Gasteiger partial charge in [0.05, 0.1) is 11.6 Å². The van der Waals surface area contributed by atoms with E-state index >= 15 is 0 Å². The number of fused-ring (bicyclic) bond motifs is 1. The zero-order chi connectivity index (χ0) is 13.9. The molecular weight excluding hydrogens is 252 g/mol. The summed E-state index contributed by atoms with van der Waals surface area (Å²) >= 11 is 0. The van der Waals surface area contributed by atoms with Crippen LogP contribution >= 0.6 is 0 Å². The van der Waals surface area contributed by atoms with Crippen molar-refractivity contribution in [3.05, 3.63) is 6.20 Å². The van der Waals surface area contributed by atoms with Crippen LogP contribution in [0.4, 0.5) is 11.8 Å². The molecule has 2 aromatic rings. The summed E-state index contributed by atoms with van der Waals surface area (Å²) in [6.07, 6.45) is 8.15. The van der Waals surface area contributed by atoms with Crippen molar-refractivity contribution < 1.29 is 0 Å². The highest BCUT2D eigenvalue weighted by Gasteiger charge is 2.21. The molecule has 0 aliphatic heterocycles. The number of hydrogen-bond acceptors (Lipinski definition) is 5. The topological polar surface area (TPSA) is 78.5 Å². The number of nitrogens with one attached hydrogen (secondary N) is 3. The largest absolute Gasteiger partial charge is 0.367 e. The third-order valence-corrected chi connectivity index (χ3v) is 4.30. The van der Waals surface area contributed by atoms with Gasteiger partial charge in [-0.1, -0.05) is 13.3 Å². The summed E-state index contributed by atoms with van der Waals surface area (Å²) in [7, 11) is 1.83. The van der Waals surface area contributed by atoms with Crippen molar-refractivity contribution in [1.82, 2.24) is 20.2 Å². The fourth-order valence-corrected chi connectivity index (χ4v) is 2.97. The first kappa shape index (κ1) is 13.1. The van der Waals surface area contributed by atoms with Crippen LogP contribution in [0.1, 0.15) is 39.0 Å². The van der Waals surface area contributed by atoms with E-state index in [0.29, 0.717) is 12.0 Å². The van der Waals surface area contributed by atoms with E-state index in [1.165, 1.54) is 32.1 Å². The average Bonchev–Trinajstić information content (AvgIpc) is 2.96. The standard InChI is InChI=1S/C14H22N6/c1-3-9-4-6-10(7-5-9)17-12-11-8-16-20-13(11)19-14(15-2)18-12/h8-10H,3-7H2,1-2H3,(H3,15,16,17,18,19,20). The van der Waals surface area contributed by atoms with Crippen molar-refractivity contribution in [2.24, 2.45) is 5.92 Å². The van der Waals surface area contributed by atoms with Gasteiger partial charge < -0.3 is 10.6 Å². The molecule has 2 aromatic heterocycles. The Balaban J connectivity index is 1.78. The Morgan fingerprint density at radius 3 is 2.75 bits per heavy atom. The molecule has 1 fully saturated rings. The van der Waals surface area contributed by atoms with Gasteiger partial charge in [0.25, 0.3) is 0 Å². The summed E-state index contributed by atoms with van der Waals surface area (Å²) in [5.74, 6) is 2.40. The second-order valence-electron chi connectivity index (χ2n) is 5.55. The Bertz CT molecular complexity index is 570. The lowest BCUT2D eigenvalue weighted by Gasteiger charge is -2.28. The van der Waals surface area contributed by atoms with Crippen LogP contribution in [0.5, 0.6) is 0 Å². The Morgan fingerprint density at radius 1 is 1.25 bits per heavy atom. The van der Waals surface area contributed by atoms with Gasteiger partial charge in [-0.25, -0.2) is 0 Å². The molecule has 1 aliphatic rings. The number of anilines is 2. The van der Waals surface area contributed by atoms with E-state index in [0.717, 1.165) is 22.8 Å². The van der Waals surface area contributed by atoms with E-state index in [9.17, 15) is 0 Å². The van der Waals surface area contributed by atoms with Gasteiger partial charge in [-0.3, -0.25) is 5.10 Å². The van der Waals surface area contributed by atoms with Gasteiger partial charge in [-0.2, -0.15) is 15.1 Å². The molecule has 6 heteroatoms. The van der Waals surface area contributed by atoms with E-state index < -0.39 is 0 Å². The highest BCUT2D eigenvalue weighted by Crippen LogP contribution is 2.29. The fraction of sp³-hybridized carbons (Fsp3) is 0.643. The Hall–Kier alpha value is -1.85. The highest BCUT2D eigenvalue weighted by molar-refractivity contribution is 5.87. The van der Waals surface area contributed by atoms with Gasteiger partial charge in [-0.05, 0) is 31.6 Å². The zero-order valence-corrected chi connectivity index (χ0v) is 12.1. The van der Waals surface area contributed by atoms with Crippen molar-refractivity contribution in [2.45, 2.75) is 45.1 Å². The Labute approximate surface area is 118 Å². The van der Waals surface area contributed by atoms with Crippen LogP contribution in [-0.2, 0) is 0 Å². The molecule has 3 N–H and O–H groups in total. The van der Waals surface area contributed by atoms with Gasteiger partial charge in [-0.15, -0.1) is 0 Å². The minimum absolute atomic E-state index is 0.510. The summed E-state index contributed by atoms with van der Waals surface area (Å²) in [6.45, 7) is 2.29. The SMILES string of the molecule is CCC1CCC(Nc2nc(NC)nc3[nH]ncc23)CC1. The molecule has 0 bridgehead atoms. The third kappa shape index (κ3) is 2.55. The summed E-state index contributed by atoms with van der Waals surface area (Å²) in [5, 5.41) is 14.5. The molecular formula is C14H22N6. The monoisotopic (exact) mass is 274 g/mol. The van der Waals surface area contributed by atoms with Crippen LogP contribution in [0.3, 0.4) is 0 Å². The van der Waals surface area contributed by atoms with Crippen LogP contribution in [0.15, 0.2) is 6.20 Å². The van der Waals surface area contributed by atoms with E-state index in [2.05, 4.69) is 37.7 Å².